The Morgan fingerprint density at radius 2 is 1.88 bits per heavy atom. The first-order valence-corrected chi connectivity index (χ1v) is 6.99. The second kappa shape index (κ2) is 4.94. The van der Waals surface area contributed by atoms with E-state index in [0.29, 0.717) is 12.0 Å². The summed E-state index contributed by atoms with van der Waals surface area (Å²) < 4.78 is 5.28. The molecule has 0 N–H and O–H groups in total. The zero-order valence-corrected chi connectivity index (χ0v) is 10.4. The molecule has 0 bridgehead atoms. The van der Waals surface area contributed by atoms with E-state index in [1.807, 2.05) is 0 Å². The molecule has 3 saturated heterocycles. The van der Waals surface area contributed by atoms with Crippen LogP contribution < -0.4 is 0 Å². The van der Waals surface area contributed by atoms with Crippen LogP contribution in [0.3, 0.4) is 0 Å². The molecule has 0 aromatic heterocycles. The highest BCUT2D eigenvalue weighted by atomic mass is 16.6. The van der Waals surface area contributed by atoms with Crippen LogP contribution in [0.2, 0.25) is 0 Å². The first-order valence-electron chi connectivity index (χ1n) is 6.99. The van der Waals surface area contributed by atoms with Crippen molar-refractivity contribution in [3.63, 3.8) is 0 Å². The van der Waals surface area contributed by atoms with E-state index in [2.05, 4.69) is 9.80 Å². The van der Waals surface area contributed by atoms with Gasteiger partial charge in [-0.2, -0.15) is 0 Å². The molecule has 0 spiro atoms. The van der Waals surface area contributed by atoms with Gasteiger partial charge in [0.25, 0.3) is 0 Å². The van der Waals surface area contributed by atoms with E-state index in [1.165, 1.54) is 19.3 Å². The Labute approximate surface area is 103 Å². The topological polar surface area (TPSA) is 36.1 Å². The Balaban J connectivity index is 1.58. The molecular formula is C13H22N2O2. The van der Waals surface area contributed by atoms with Crippen molar-refractivity contribution in [2.75, 3.05) is 32.8 Å². The maximum absolute atomic E-state index is 12.5. The lowest BCUT2D eigenvalue weighted by atomic mass is 10.1. The van der Waals surface area contributed by atoms with Crippen molar-refractivity contribution in [1.29, 1.82) is 0 Å². The lowest BCUT2D eigenvalue weighted by Crippen LogP contribution is -2.48. The average molecular weight is 238 g/mol. The highest BCUT2D eigenvalue weighted by Crippen LogP contribution is 2.23. The summed E-state index contributed by atoms with van der Waals surface area (Å²) in [5.74, 6) is 0.378. The van der Waals surface area contributed by atoms with Crippen molar-refractivity contribution >= 4 is 5.91 Å². The maximum atomic E-state index is 12.5. The normalized spacial score (nSPS) is 34.0. The first-order chi connectivity index (χ1) is 8.34. The van der Waals surface area contributed by atoms with Crippen LogP contribution >= 0.6 is 0 Å². The van der Waals surface area contributed by atoms with E-state index >= 15 is 0 Å². The van der Waals surface area contributed by atoms with E-state index < -0.39 is 0 Å². The van der Waals surface area contributed by atoms with Crippen molar-refractivity contribution in [3.05, 3.63) is 0 Å². The Morgan fingerprint density at radius 1 is 1.12 bits per heavy atom. The summed E-state index contributed by atoms with van der Waals surface area (Å²) in [5, 5.41) is 0. The van der Waals surface area contributed by atoms with Gasteiger partial charge < -0.3 is 9.64 Å². The van der Waals surface area contributed by atoms with E-state index in [1.54, 1.807) is 0 Å². The molecule has 17 heavy (non-hydrogen) atoms. The van der Waals surface area contributed by atoms with Crippen LogP contribution in [0, 0.1) is 0 Å². The Morgan fingerprint density at radius 3 is 2.59 bits per heavy atom. The van der Waals surface area contributed by atoms with Gasteiger partial charge in [-0.1, -0.05) is 0 Å². The van der Waals surface area contributed by atoms with Gasteiger partial charge in [-0.25, -0.2) is 0 Å². The van der Waals surface area contributed by atoms with Gasteiger partial charge in [-0.05, 0) is 38.6 Å². The lowest BCUT2D eigenvalue weighted by Gasteiger charge is -2.32. The van der Waals surface area contributed by atoms with Crippen molar-refractivity contribution < 1.29 is 9.53 Å². The van der Waals surface area contributed by atoms with Gasteiger partial charge in [-0.15, -0.1) is 0 Å². The number of carbonyl (C=O) groups excluding carboxylic acids is 1. The van der Waals surface area contributed by atoms with Gasteiger partial charge in [0, 0.05) is 19.6 Å². The van der Waals surface area contributed by atoms with Crippen LogP contribution in [0.1, 0.15) is 32.1 Å². The fourth-order valence-corrected chi connectivity index (χ4v) is 3.08. The summed E-state index contributed by atoms with van der Waals surface area (Å²) in [6.07, 6.45) is 6.27. The quantitative estimate of drug-likeness (QED) is 0.684. The molecule has 3 fully saturated rings. The molecule has 0 saturated carbocycles. The van der Waals surface area contributed by atoms with Gasteiger partial charge in [0.1, 0.15) is 0 Å². The van der Waals surface area contributed by atoms with Crippen LogP contribution in [0.25, 0.3) is 0 Å². The van der Waals surface area contributed by atoms with Crippen LogP contribution in [0.5, 0.6) is 0 Å². The number of hydrogen-bond donors (Lipinski definition) is 0. The predicted octanol–water partition coefficient (Wildman–Crippen LogP) is 0.862. The number of ether oxygens (including phenoxy) is 1. The predicted molar refractivity (Wildman–Crippen MR) is 64.8 cm³/mol. The number of likely N-dealkylation sites (tertiary alicyclic amines) is 2. The summed E-state index contributed by atoms with van der Waals surface area (Å²) in [6, 6.07) is 0.150. The minimum atomic E-state index is 0.150. The molecule has 3 aliphatic rings. The number of nitrogens with zero attached hydrogens (tertiary/aromatic N) is 2. The standard InChI is InChI=1S/C13H22N2O2/c16-13(14-6-2-1-3-7-14)12-5-4-8-15(12)9-11-10-17-11/h11-12H,1-10H2. The van der Waals surface area contributed by atoms with Gasteiger partial charge in [0.2, 0.25) is 5.91 Å². The monoisotopic (exact) mass is 238 g/mol. The maximum Gasteiger partial charge on any atom is 0.239 e. The molecule has 0 aliphatic carbocycles. The number of amides is 1. The molecular weight excluding hydrogens is 216 g/mol. The van der Waals surface area contributed by atoms with Crippen molar-refractivity contribution in [1.82, 2.24) is 9.80 Å². The number of rotatable bonds is 3. The van der Waals surface area contributed by atoms with Gasteiger partial charge in [0.15, 0.2) is 0 Å². The van der Waals surface area contributed by atoms with Crippen LogP contribution in [0.4, 0.5) is 0 Å². The smallest absolute Gasteiger partial charge is 0.239 e. The van der Waals surface area contributed by atoms with Crippen molar-refractivity contribution in [2.45, 2.75) is 44.2 Å². The molecule has 4 heteroatoms. The molecule has 1 amide bonds. The summed E-state index contributed by atoms with van der Waals surface area (Å²) in [5.41, 5.74) is 0. The third kappa shape index (κ3) is 2.63. The number of piperidine rings is 1. The number of hydrogen-bond acceptors (Lipinski definition) is 3. The highest BCUT2D eigenvalue weighted by molar-refractivity contribution is 5.82. The molecule has 2 atom stereocenters. The van der Waals surface area contributed by atoms with Crippen LogP contribution in [-0.2, 0) is 9.53 Å². The molecule has 4 nitrogen and oxygen atoms in total. The zero-order chi connectivity index (χ0) is 11.7. The minimum absolute atomic E-state index is 0.150. The van der Waals surface area contributed by atoms with Crippen molar-refractivity contribution in [2.24, 2.45) is 0 Å². The summed E-state index contributed by atoms with van der Waals surface area (Å²) >= 11 is 0. The second-order valence-electron chi connectivity index (χ2n) is 5.49. The Hall–Kier alpha value is -0.610. The fourth-order valence-electron chi connectivity index (χ4n) is 3.08. The third-order valence-corrected chi connectivity index (χ3v) is 4.16. The van der Waals surface area contributed by atoms with Crippen LogP contribution in [0.15, 0.2) is 0 Å². The summed E-state index contributed by atoms with van der Waals surface area (Å²) in [7, 11) is 0. The van der Waals surface area contributed by atoms with Crippen LogP contribution in [-0.4, -0.2) is 60.6 Å². The minimum Gasteiger partial charge on any atom is -0.372 e. The highest BCUT2D eigenvalue weighted by Gasteiger charge is 2.37. The molecule has 3 aliphatic heterocycles. The molecule has 2 unspecified atom stereocenters. The lowest BCUT2D eigenvalue weighted by molar-refractivity contribution is -0.136. The zero-order valence-electron chi connectivity index (χ0n) is 10.4. The second-order valence-corrected chi connectivity index (χ2v) is 5.49. The number of carbonyl (C=O) groups is 1. The molecule has 3 heterocycles. The van der Waals surface area contributed by atoms with Crippen molar-refractivity contribution in [3.8, 4) is 0 Å². The van der Waals surface area contributed by atoms with E-state index in [0.717, 1.165) is 45.6 Å². The number of epoxide rings is 1. The molecule has 3 rings (SSSR count). The molecule has 0 radical (unpaired) electrons. The van der Waals surface area contributed by atoms with E-state index in [9.17, 15) is 4.79 Å². The molecule has 96 valence electrons. The largest absolute Gasteiger partial charge is 0.372 e. The first kappa shape index (κ1) is 11.5. The van der Waals surface area contributed by atoms with Gasteiger partial charge in [0.05, 0.1) is 18.8 Å². The SMILES string of the molecule is O=C(C1CCCN1CC1CO1)N1CCCCC1. The van der Waals surface area contributed by atoms with Gasteiger partial charge in [-0.3, -0.25) is 9.69 Å². The Kier molecular flexibility index (Phi) is 3.34. The van der Waals surface area contributed by atoms with Gasteiger partial charge >= 0.3 is 0 Å². The molecule has 0 aromatic carbocycles. The summed E-state index contributed by atoms with van der Waals surface area (Å²) in [4.78, 5) is 16.9. The van der Waals surface area contributed by atoms with E-state index in [4.69, 9.17) is 4.74 Å². The average Bonchev–Trinajstić information content (AvgIpc) is 3.06. The Bertz CT molecular complexity index is 285. The summed E-state index contributed by atoms with van der Waals surface area (Å²) in [6.45, 7) is 4.88. The molecule has 0 aromatic rings. The van der Waals surface area contributed by atoms with E-state index in [-0.39, 0.29) is 6.04 Å². The fraction of sp³-hybridized carbons (Fsp3) is 0.923. The third-order valence-electron chi connectivity index (χ3n) is 4.16.